The summed E-state index contributed by atoms with van der Waals surface area (Å²) >= 11 is 0. The van der Waals surface area contributed by atoms with Gasteiger partial charge in [0.15, 0.2) is 5.58 Å². The summed E-state index contributed by atoms with van der Waals surface area (Å²) < 4.78 is 15.7. The Morgan fingerprint density at radius 1 is 1.00 bits per heavy atom. The lowest BCUT2D eigenvalue weighted by Crippen LogP contribution is -2.18. The number of nitrogens with zero attached hydrogens (tertiary/aromatic N) is 5. The van der Waals surface area contributed by atoms with Gasteiger partial charge in [0.25, 0.3) is 6.01 Å². The van der Waals surface area contributed by atoms with E-state index >= 15 is 0 Å². The van der Waals surface area contributed by atoms with Crippen molar-refractivity contribution in [2.75, 3.05) is 6.61 Å². The quantitative estimate of drug-likeness (QED) is 0.557. The molecule has 0 amide bonds. The Hall–Kier alpha value is -3.09. The molecule has 7 nitrogen and oxygen atoms in total. The molecule has 0 aliphatic carbocycles. The number of aryl methyl sites for hydroxylation is 1. The van der Waals surface area contributed by atoms with Crippen LogP contribution in [0, 0.1) is 0 Å². The zero-order chi connectivity index (χ0) is 17.1. The van der Waals surface area contributed by atoms with Gasteiger partial charge < -0.3 is 13.7 Å². The standard InChI is InChI=1S/C19H17N5O2/c1-2-4-16-13(3-1)21-18(26-16)15-11-23-6-5-12(9-17(23)20-15)14-10-24-7-8-25-19(24)22-14/h1-4,10-12H,5-9H2. The molecule has 0 spiro atoms. The fraction of sp³-hybridized carbons (Fsp3) is 0.316. The molecule has 2 aliphatic rings. The van der Waals surface area contributed by atoms with E-state index in [1.807, 2.05) is 30.5 Å². The molecular formula is C19H17N5O2. The van der Waals surface area contributed by atoms with Gasteiger partial charge in [0.05, 0.1) is 12.2 Å². The number of rotatable bonds is 2. The van der Waals surface area contributed by atoms with Crippen LogP contribution < -0.4 is 4.74 Å². The monoisotopic (exact) mass is 347 g/mol. The fourth-order valence-electron chi connectivity index (χ4n) is 3.89. The zero-order valence-corrected chi connectivity index (χ0v) is 14.1. The maximum Gasteiger partial charge on any atom is 0.296 e. The first-order chi connectivity index (χ1) is 12.8. The number of hydrogen-bond acceptors (Lipinski definition) is 5. The van der Waals surface area contributed by atoms with Crippen molar-refractivity contribution in [3.05, 3.63) is 48.2 Å². The maximum absolute atomic E-state index is 5.87. The number of ether oxygens (including phenoxy) is 1. The van der Waals surface area contributed by atoms with E-state index in [-0.39, 0.29) is 0 Å². The van der Waals surface area contributed by atoms with Crippen LogP contribution in [0.25, 0.3) is 22.7 Å². The molecular weight excluding hydrogens is 330 g/mol. The lowest BCUT2D eigenvalue weighted by molar-refractivity contribution is 0.342. The Bertz CT molecular complexity index is 1070. The molecule has 2 aliphatic heterocycles. The van der Waals surface area contributed by atoms with Gasteiger partial charge in [-0.3, -0.25) is 4.57 Å². The molecule has 7 heteroatoms. The highest BCUT2D eigenvalue weighted by atomic mass is 16.5. The number of imidazole rings is 2. The molecule has 26 heavy (non-hydrogen) atoms. The second-order valence-corrected chi connectivity index (χ2v) is 6.90. The molecule has 0 saturated carbocycles. The molecule has 0 radical (unpaired) electrons. The third-order valence-corrected chi connectivity index (χ3v) is 5.26. The van der Waals surface area contributed by atoms with Gasteiger partial charge in [-0.1, -0.05) is 12.1 Å². The van der Waals surface area contributed by atoms with Crippen molar-refractivity contribution in [2.45, 2.75) is 31.8 Å². The smallest absolute Gasteiger partial charge is 0.296 e. The third kappa shape index (κ3) is 2.09. The Morgan fingerprint density at radius 3 is 2.88 bits per heavy atom. The number of fused-ring (bicyclic) bond motifs is 3. The van der Waals surface area contributed by atoms with E-state index in [1.165, 1.54) is 0 Å². The van der Waals surface area contributed by atoms with E-state index in [2.05, 4.69) is 25.3 Å². The number of para-hydroxylation sites is 2. The van der Waals surface area contributed by atoms with Crippen LogP contribution in [0.2, 0.25) is 0 Å². The minimum atomic E-state index is 0.378. The summed E-state index contributed by atoms with van der Waals surface area (Å²) in [6.45, 7) is 2.55. The molecule has 3 aromatic heterocycles. The Kier molecular flexibility index (Phi) is 2.83. The summed E-state index contributed by atoms with van der Waals surface area (Å²) in [5.41, 5.74) is 3.56. The largest absolute Gasteiger partial charge is 0.463 e. The van der Waals surface area contributed by atoms with Crippen LogP contribution in [0.5, 0.6) is 6.01 Å². The number of oxazole rings is 1. The van der Waals surface area contributed by atoms with Crippen LogP contribution in [0.3, 0.4) is 0 Å². The first kappa shape index (κ1) is 14.1. The molecule has 0 bridgehead atoms. The average Bonchev–Trinajstić information content (AvgIpc) is 3.40. The summed E-state index contributed by atoms with van der Waals surface area (Å²) in [7, 11) is 0. The van der Waals surface area contributed by atoms with Gasteiger partial charge in [0, 0.05) is 31.3 Å². The lowest BCUT2D eigenvalue weighted by atomic mass is 9.95. The first-order valence-electron chi connectivity index (χ1n) is 8.95. The molecule has 5 heterocycles. The molecule has 1 aromatic carbocycles. The number of aromatic nitrogens is 5. The highest BCUT2D eigenvalue weighted by Gasteiger charge is 2.27. The second kappa shape index (κ2) is 5.20. The summed E-state index contributed by atoms with van der Waals surface area (Å²) in [6.07, 6.45) is 6.10. The first-order valence-corrected chi connectivity index (χ1v) is 8.95. The van der Waals surface area contributed by atoms with Gasteiger partial charge in [-0.2, -0.15) is 0 Å². The van der Waals surface area contributed by atoms with Gasteiger partial charge in [-0.25, -0.2) is 15.0 Å². The van der Waals surface area contributed by atoms with Gasteiger partial charge in [0.1, 0.15) is 23.6 Å². The van der Waals surface area contributed by atoms with Gasteiger partial charge >= 0.3 is 0 Å². The van der Waals surface area contributed by atoms with E-state index in [1.54, 1.807) is 0 Å². The van der Waals surface area contributed by atoms with Gasteiger partial charge in [0.2, 0.25) is 5.89 Å². The zero-order valence-electron chi connectivity index (χ0n) is 14.1. The minimum Gasteiger partial charge on any atom is -0.463 e. The van der Waals surface area contributed by atoms with Crippen molar-refractivity contribution in [3.63, 3.8) is 0 Å². The molecule has 0 N–H and O–H groups in total. The van der Waals surface area contributed by atoms with Crippen molar-refractivity contribution >= 4 is 11.1 Å². The van der Waals surface area contributed by atoms with E-state index in [0.717, 1.165) is 66.9 Å². The van der Waals surface area contributed by atoms with Crippen LogP contribution in [-0.4, -0.2) is 30.7 Å². The molecule has 4 aromatic rings. The summed E-state index contributed by atoms with van der Waals surface area (Å²) in [6, 6.07) is 8.54. The molecule has 1 atom stereocenters. The van der Waals surface area contributed by atoms with Gasteiger partial charge in [-0.15, -0.1) is 0 Å². The minimum absolute atomic E-state index is 0.378. The normalized spacial score (nSPS) is 18.7. The Morgan fingerprint density at radius 2 is 1.96 bits per heavy atom. The summed E-state index contributed by atoms with van der Waals surface area (Å²) in [5, 5.41) is 0. The van der Waals surface area contributed by atoms with Crippen molar-refractivity contribution in [1.82, 2.24) is 24.1 Å². The summed E-state index contributed by atoms with van der Waals surface area (Å²) in [4.78, 5) is 14.0. The van der Waals surface area contributed by atoms with Crippen LogP contribution in [0.4, 0.5) is 0 Å². The fourth-order valence-corrected chi connectivity index (χ4v) is 3.89. The Labute approximate surface area is 149 Å². The molecule has 130 valence electrons. The van der Waals surface area contributed by atoms with E-state index < -0.39 is 0 Å². The van der Waals surface area contributed by atoms with Gasteiger partial charge in [-0.05, 0) is 18.6 Å². The molecule has 1 unspecified atom stereocenters. The average molecular weight is 347 g/mol. The number of hydrogen-bond donors (Lipinski definition) is 0. The SMILES string of the molecule is c1ccc2oc(-c3cn4c(n3)CC(c3cn5c(n3)OCC5)CC4)nc2c1. The van der Waals surface area contributed by atoms with Crippen molar-refractivity contribution < 1.29 is 9.15 Å². The Balaban J connectivity index is 1.31. The highest BCUT2D eigenvalue weighted by molar-refractivity contribution is 5.75. The van der Waals surface area contributed by atoms with Crippen molar-refractivity contribution in [2.24, 2.45) is 0 Å². The topological polar surface area (TPSA) is 70.9 Å². The molecule has 6 rings (SSSR count). The molecule has 0 saturated heterocycles. The maximum atomic E-state index is 5.87. The lowest BCUT2D eigenvalue weighted by Gasteiger charge is -2.21. The van der Waals surface area contributed by atoms with E-state index in [4.69, 9.17) is 14.1 Å². The van der Waals surface area contributed by atoms with Crippen LogP contribution in [0.1, 0.15) is 23.9 Å². The highest BCUT2D eigenvalue weighted by Crippen LogP contribution is 2.33. The summed E-state index contributed by atoms with van der Waals surface area (Å²) in [5.74, 6) is 2.02. The van der Waals surface area contributed by atoms with E-state index in [0.29, 0.717) is 11.8 Å². The predicted molar refractivity (Wildman–Crippen MR) is 94.0 cm³/mol. The van der Waals surface area contributed by atoms with Crippen molar-refractivity contribution in [1.29, 1.82) is 0 Å². The van der Waals surface area contributed by atoms with Crippen molar-refractivity contribution in [3.8, 4) is 17.6 Å². The van der Waals surface area contributed by atoms with Crippen LogP contribution in [-0.2, 0) is 19.5 Å². The third-order valence-electron chi connectivity index (χ3n) is 5.26. The van der Waals surface area contributed by atoms with E-state index in [9.17, 15) is 0 Å². The predicted octanol–water partition coefficient (Wildman–Crippen LogP) is 3.01. The number of benzene rings is 1. The van der Waals surface area contributed by atoms with Crippen LogP contribution in [0.15, 0.2) is 41.1 Å². The second-order valence-electron chi connectivity index (χ2n) is 6.90. The molecule has 0 fully saturated rings. The van der Waals surface area contributed by atoms with Crippen LogP contribution >= 0.6 is 0 Å².